The van der Waals surface area contributed by atoms with Crippen LogP contribution in [-0.2, 0) is 9.53 Å². The van der Waals surface area contributed by atoms with Crippen LogP contribution < -0.4 is 15.5 Å². The van der Waals surface area contributed by atoms with Gasteiger partial charge in [0.25, 0.3) is 0 Å². The van der Waals surface area contributed by atoms with Crippen molar-refractivity contribution in [3.63, 3.8) is 0 Å². The van der Waals surface area contributed by atoms with Gasteiger partial charge in [0, 0.05) is 36.6 Å². The SMILES string of the molecule is O=C1COCC(c2ccc(N3CCC3)c3cnc(Nc4ccncn4)cc23)N1. The Morgan fingerprint density at radius 1 is 1.14 bits per heavy atom. The Hall–Kier alpha value is -3.26. The van der Waals surface area contributed by atoms with Crippen molar-refractivity contribution < 1.29 is 9.53 Å². The van der Waals surface area contributed by atoms with E-state index in [2.05, 4.69) is 42.6 Å². The lowest BCUT2D eigenvalue weighted by molar-refractivity contribution is -0.131. The fourth-order valence-electron chi connectivity index (χ4n) is 3.66. The number of rotatable bonds is 4. The van der Waals surface area contributed by atoms with Crippen LogP contribution in [0.2, 0.25) is 0 Å². The van der Waals surface area contributed by atoms with Crippen molar-refractivity contribution in [2.45, 2.75) is 12.5 Å². The Morgan fingerprint density at radius 3 is 2.82 bits per heavy atom. The molecule has 1 amide bonds. The molecule has 1 unspecified atom stereocenters. The fourth-order valence-corrected chi connectivity index (χ4v) is 3.66. The number of pyridine rings is 1. The minimum atomic E-state index is -0.177. The minimum absolute atomic E-state index is 0.0930. The lowest BCUT2D eigenvalue weighted by atomic mass is 9.97. The van der Waals surface area contributed by atoms with Gasteiger partial charge in [0.05, 0.1) is 12.6 Å². The van der Waals surface area contributed by atoms with Gasteiger partial charge in [-0.15, -0.1) is 0 Å². The topological polar surface area (TPSA) is 92.3 Å². The van der Waals surface area contributed by atoms with E-state index in [1.54, 1.807) is 12.3 Å². The number of hydrogen-bond acceptors (Lipinski definition) is 7. The first-order valence-electron chi connectivity index (χ1n) is 9.36. The van der Waals surface area contributed by atoms with Gasteiger partial charge in [-0.1, -0.05) is 6.07 Å². The van der Waals surface area contributed by atoms with Crippen LogP contribution in [0.15, 0.2) is 43.0 Å². The van der Waals surface area contributed by atoms with E-state index in [0.717, 1.165) is 29.4 Å². The van der Waals surface area contributed by atoms with E-state index in [4.69, 9.17) is 4.74 Å². The van der Waals surface area contributed by atoms with Gasteiger partial charge in [-0.05, 0) is 35.6 Å². The van der Waals surface area contributed by atoms with Gasteiger partial charge in [-0.25, -0.2) is 15.0 Å². The Bertz CT molecular complexity index is 1020. The summed E-state index contributed by atoms with van der Waals surface area (Å²) in [5.74, 6) is 1.28. The number of carbonyl (C=O) groups excluding carboxylic acids is 1. The molecule has 0 radical (unpaired) electrons. The molecule has 2 aliphatic rings. The summed E-state index contributed by atoms with van der Waals surface area (Å²) in [5.41, 5.74) is 2.20. The first-order valence-corrected chi connectivity index (χ1v) is 9.36. The van der Waals surface area contributed by atoms with E-state index in [1.807, 2.05) is 12.3 Å². The van der Waals surface area contributed by atoms with Crippen LogP contribution in [-0.4, -0.2) is 47.2 Å². The average molecular weight is 376 g/mol. The van der Waals surface area contributed by atoms with E-state index >= 15 is 0 Å². The van der Waals surface area contributed by atoms with Gasteiger partial charge in [0.15, 0.2) is 0 Å². The zero-order valence-electron chi connectivity index (χ0n) is 15.3. The maximum atomic E-state index is 11.8. The second kappa shape index (κ2) is 7.05. The molecule has 8 nitrogen and oxygen atoms in total. The highest BCUT2D eigenvalue weighted by Gasteiger charge is 2.25. The molecular weight excluding hydrogens is 356 g/mol. The lowest BCUT2D eigenvalue weighted by Crippen LogP contribution is -2.40. The van der Waals surface area contributed by atoms with Crippen LogP contribution in [0.1, 0.15) is 18.0 Å². The average Bonchev–Trinajstić information content (AvgIpc) is 2.67. The summed E-state index contributed by atoms with van der Waals surface area (Å²) in [6, 6.07) is 7.83. The normalized spacial score (nSPS) is 19.2. The van der Waals surface area contributed by atoms with Crippen molar-refractivity contribution in [1.29, 1.82) is 0 Å². The number of carbonyl (C=O) groups is 1. The molecule has 1 atom stereocenters. The number of hydrogen-bond donors (Lipinski definition) is 2. The standard InChI is InChI=1S/C20H20N6O2/c27-20-11-28-10-16(24-20)13-2-3-17(26-6-1-7-26)15-9-22-19(8-14(13)15)25-18-4-5-21-12-23-18/h2-5,8-9,12,16H,1,6-7,10-11H2,(H,24,27)(H,21,22,23,25). The summed E-state index contributed by atoms with van der Waals surface area (Å²) >= 11 is 0. The third kappa shape index (κ3) is 3.11. The lowest BCUT2D eigenvalue weighted by Gasteiger charge is -2.35. The molecule has 2 N–H and O–H groups in total. The third-order valence-electron chi connectivity index (χ3n) is 5.17. The zero-order valence-corrected chi connectivity index (χ0v) is 15.3. The Balaban J connectivity index is 1.59. The van der Waals surface area contributed by atoms with Crippen LogP contribution in [0.4, 0.5) is 17.3 Å². The molecule has 0 aliphatic carbocycles. The van der Waals surface area contributed by atoms with Crippen molar-refractivity contribution in [3.05, 3.63) is 48.5 Å². The summed E-state index contributed by atoms with van der Waals surface area (Å²) < 4.78 is 5.46. The summed E-state index contributed by atoms with van der Waals surface area (Å²) in [7, 11) is 0. The number of anilines is 3. The summed E-state index contributed by atoms with van der Waals surface area (Å²) in [5, 5.41) is 8.37. The highest BCUT2D eigenvalue weighted by atomic mass is 16.5. The van der Waals surface area contributed by atoms with Gasteiger partial charge in [0.2, 0.25) is 5.91 Å². The van der Waals surface area contributed by atoms with Crippen molar-refractivity contribution >= 4 is 34.0 Å². The number of morpholine rings is 1. The number of amides is 1. The van der Waals surface area contributed by atoms with Gasteiger partial charge in [-0.2, -0.15) is 0 Å². The highest BCUT2D eigenvalue weighted by Crippen LogP contribution is 2.35. The molecule has 5 rings (SSSR count). The van der Waals surface area contributed by atoms with Crippen LogP contribution in [0, 0.1) is 0 Å². The summed E-state index contributed by atoms with van der Waals surface area (Å²) in [6.07, 6.45) is 6.27. The molecule has 8 heteroatoms. The largest absolute Gasteiger partial charge is 0.371 e. The van der Waals surface area contributed by atoms with Crippen molar-refractivity contribution in [2.24, 2.45) is 0 Å². The first-order chi connectivity index (χ1) is 13.8. The minimum Gasteiger partial charge on any atom is -0.371 e. The molecular formula is C20H20N6O2. The number of benzene rings is 1. The predicted octanol–water partition coefficient (Wildman–Crippen LogP) is 2.17. The van der Waals surface area contributed by atoms with E-state index in [0.29, 0.717) is 18.2 Å². The summed E-state index contributed by atoms with van der Waals surface area (Å²) in [6.45, 7) is 2.68. The number of nitrogens with one attached hydrogen (secondary N) is 2. The molecule has 0 saturated carbocycles. The van der Waals surface area contributed by atoms with Crippen molar-refractivity contribution in [1.82, 2.24) is 20.3 Å². The molecule has 2 fully saturated rings. The molecule has 2 aliphatic heterocycles. The second-order valence-electron chi connectivity index (χ2n) is 6.98. The highest BCUT2D eigenvalue weighted by molar-refractivity contribution is 5.98. The van der Waals surface area contributed by atoms with E-state index in [9.17, 15) is 4.79 Å². The zero-order chi connectivity index (χ0) is 18.9. The van der Waals surface area contributed by atoms with E-state index < -0.39 is 0 Å². The van der Waals surface area contributed by atoms with Gasteiger partial charge in [-0.3, -0.25) is 4.79 Å². The first kappa shape index (κ1) is 16.9. The van der Waals surface area contributed by atoms with Crippen LogP contribution in [0.5, 0.6) is 0 Å². The third-order valence-corrected chi connectivity index (χ3v) is 5.17. The molecule has 3 aromatic rings. The fraction of sp³-hybridized carbons (Fsp3) is 0.300. The Kier molecular flexibility index (Phi) is 4.25. The molecule has 4 heterocycles. The molecule has 0 spiro atoms. The predicted molar refractivity (Wildman–Crippen MR) is 106 cm³/mol. The van der Waals surface area contributed by atoms with Gasteiger partial charge >= 0.3 is 0 Å². The summed E-state index contributed by atoms with van der Waals surface area (Å²) in [4.78, 5) is 26.9. The molecule has 28 heavy (non-hydrogen) atoms. The van der Waals surface area contributed by atoms with Crippen molar-refractivity contribution in [3.8, 4) is 0 Å². The molecule has 2 saturated heterocycles. The van der Waals surface area contributed by atoms with Gasteiger partial charge < -0.3 is 20.3 Å². The Morgan fingerprint density at radius 2 is 2.07 bits per heavy atom. The number of fused-ring (bicyclic) bond motifs is 1. The number of nitrogens with zero attached hydrogens (tertiary/aromatic N) is 4. The maximum Gasteiger partial charge on any atom is 0.246 e. The van der Waals surface area contributed by atoms with Crippen LogP contribution in [0.3, 0.4) is 0 Å². The Labute approximate surface area is 162 Å². The number of ether oxygens (including phenoxy) is 1. The monoisotopic (exact) mass is 376 g/mol. The maximum absolute atomic E-state index is 11.8. The van der Waals surface area contributed by atoms with E-state index in [1.165, 1.54) is 18.4 Å². The molecule has 0 bridgehead atoms. The van der Waals surface area contributed by atoms with Crippen LogP contribution >= 0.6 is 0 Å². The van der Waals surface area contributed by atoms with Crippen LogP contribution in [0.25, 0.3) is 10.8 Å². The molecule has 142 valence electrons. The smallest absolute Gasteiger partial charge is 0.246 e. The van der Waals surface area contributed by atoms with E-state index in [-0.39, 0.29) is 18.6 Å². The second-order valence-corrected chi connectivity index (χ2v) is 6.98. The molecule has 1 aromatic carbocycles. The molecule has 2 aromatic heterocycles. The van der Waals surface area contributed by atoms with Crippen molar-refractivity contribution in [2.75, 3.05) is 36.5 Å². The van der Waals surface area contributed by atoms with Gasteiger partial charge in [0.1, 0.15) is 24.6 Å². The quantitative estimate of drug-likeness (QED) is 0.721. The number of aromatic nitrogens is 3.